The van der Waals surface area contributed by atoms with E-state index in [-0.39, 0.29) is 87.3 Å². The Morgan fingerprint density at radius 1 is 1.14 bits per heavy atom. The average molecular weight is 252 g/mol. The molecule has 0 aliphatic carbocycles. The van der Waals surface area contributed by atoms with Crippen molar-refractivity contribution in [3.63, 3.8) is 0 Å². The van der Waals surface area contributed by atoms with Gasteiger partial charge in [0, 0.05) is 0 Å². The van der Waals surface area contributed by atoms with Crippen LogP contribution in [-0.4, -0.2) is 26.9 Å². The molecule has 1 aliphatic rings. The molecule has 0 spiro atoms. The van der Waals surface area contributed by atoms with Crippen LogP contribution >= 0.6 is 0 Å². The number of hydrogen-bond donors (Lipinski definition) is 0. The minimum Gasteiger partial charge on any atom is -0.445 e. The molecule has 0 unspecified atom stereocenters. The van der Waals surface area contributed by atoms with Crippen LogP contribution in [0.3, 0.4) is 0 Å². The van der Waals surface area contributed by atoms with Crippen molar-refractivity contribution in [1.29, 1.82) is 0 Å². The Balaban J connectivity index is 0.00000169. The van der Waals surface area contributed by atoms with Crippen LogP contribution in [0, 0.1) is 0 Å². The maximum absolute atomic E-state index is 11.9. The van der Waals surface area contributed by atoms with E-state index < -0.39 is 16.8 Å². The Morgan fingerprint density at radius 2 is 1.57 bits per heavy atom. The quantitative estimate of drug-likeness (QED) is 0.533. The molecule has 8 heteroatoms. The molecule has 0 aromatic carbocycles. The fourth-order valence-electron chi connectivity index (χ4n) is 1.23. The molecule has 14 heavy (non-hydrogen) atoms. The third-order valence-electron chi connectivity index (χ3n) is 1.89. The van der Waals surface area contributed by atoms with Crippen molar-refractivity contribution in [2.24, 2.45) is 0 Å². The second-order valence-electron chi connectivity index (χ2n) is 3.10. The summed E-state index contributed by atoms with van der Waals surface area (Å²) in [6.07, 6.45) is 0.0627. The van der Waals surface area contributed by atoms with Crippen molar-refractivity contribution in [3.05, 3.63) is 11.5 Å². The van der Waals surface area contributed by atoms with Gasteiger partial charge in [-0.1, -0.05) is 0 Å². The molecule has 0 radical (unpaired) electrons. The summed E-state index contributed by atoms with van der Waals surface area (Å²) in [7, 11) is -3.07. The predicted octanol–water partition coefficient (Wildman–Crippen LogP) is -1.49. The summed E-state index contributed by atoms with van der Waals surface area (Å²) in [5.74, 6) is -0.0231. The first-order chi connectivity index (χ1) is 5.79. The van der Waals surface area contributed by atoms with Gasteiger partial charge in [-0.3, -0.25) is 0 Å². The normalized spacial score (nSPS) is 21.2. The number of rotatable bonds is 1. The van der Waals surface area contributed by atoms with Crippen LogP contribution in [0.15, 0.2) is 11.5 Å². The summed E-state index contributed by atoms with van der Waals surface area (Å²) < 4.78 is 57.3. The molecule has 1 heterocycles. The molecule has 1 aliphatic heterocycles. The predicted molar refractivity (Wildman–Crippen MR) is 45.0 cm³/mol. The van der Waals surface area contributed by atoms with E-state index in [4.69, 9.17) is 0 Å². The Morgan fingerprint density at radius 3 is 1.93 bits per heavy atom. The first-order valence-electron chi connectivity index (χ1n) is 3.89. The molecule has 0 amide bonds. The second kappa shape index (κ2) is 5.49. The number of halogens is 3. The zero-order chi connectivity index (χ0) is 10.1. The van der Waals surface area contributed by atoms with E-state index in [1.807, 2.05) is 0 Å². The fraction of sp³-hybridized carbons (Fsp3) is 0.667. The molecule has 0 N–H and O–H groups in total. The topological polar surface area (TPSA) is 34.1 Å². The van der Waals surface area contributed by atoms with Crippen LogP contribution in [-0.2, 0) is 9.84 Å². The zero-order valence-corrected chi connectivity index (χ0v) is 11.8. The molecule has 76 valence electrons. The third kappa shape index (κ3) is 5.92. The van der Waals surface area contributed by atoms with E-state index in [0.29, 0.717) is 0 Å². The standard InChI is InChI=1S/C6H9BF3O2S.K/c8-7(9,10)5-6-1-3-13(11,12)4-2-6;/h5H,1-4H2;/q-1;+1. The van der Waals surface area contributed by atoms with E-state index in [0.717, 1.165) is 0 Å². The average Bonchev–Trinajstić information content (AvgIpc) is 1.91. The van der Waals surface area contributed by atoms with Gasteiger partial charge < -0.3 is 12.9 Å². The molecule has 1 saturated heterocycles. The maximum Gasteiger partial charge on any atom is 1.00 e. The van der Waals surface area contributed by atoms with E-state index >= 15 is 0 Å². The van der Waals surface area contributed by atoms with Crippen molar-refractivity contribution < 1.29 is 72.7 Å². The van der Waals surface area contributed by atoms with Gasteiger partial charge in [0.25, 0.3) is 0 Å². The molecule has 0 aromatic heterocycles. The Bertz CT molecular complexity index is 306. The van der Waals surface area contributed by atoms with E-state index in [2.05, 4.69) is 0 Å². The molecule has 1 rings (SSSR count). The molecule has 0 atom stereocenters. The Labute approximate surface area is 124 Å². The summed E-state index contributed by atoms with van der Waals surface area (Å²) in [5, 5.41) is 0. The van der Waals surface area contributed by atoms with Crippen LogP contribution in [0.2, 0.25) is 0 Å². The first-order valence-corrected chi connectivity index (χ1v) is 5.72. The van der Waals surface area contributed by atoms with Gasteiger partial charge in [0.2, 0.25) is 0 Å². The van der Waals surface area contributed by atoms with Gasteiger partial charge in [0.1, 0.15) is 0 Å². The zero-order valence-electron chi connectivity index (χ0n) is 7.84. The summed E-state index contributed by atoms with van der Waals surface area (Å²) in [5.41, 5.74) is 0.210. The van der Waals surface area contributed by atoms with Crippen molar-refractivity contribution in [3.8, 4) is 0 Å². The third-order valence-corrected chi connectivity index (χ3v) is 3.55. The molecule has 0 bridgehead atoms. The molecule has 2 nitrogen and oxygen atoms in total. The fourth-order valence-corrected chi connectivity index (χ4v) is 2.58. The van der Waals surface area contributed by atoms with Gasteiger partial charge in [-0.05, 0) is 12.8 Å². The number of allylic oxidation sites excluding steroid dienone is 1. The summed E-state index contributed by atoms with van der Waals surface area (Å²) >= 11 is 0. The van der Waals surface area contributed by atoms with Gasteiger partial charge in [0.05, 0.1) is 11.5 Å². The number of hydrogen-bond acceptors (Lipinski definition) is 2. The van der Waals surface area contributed by atoms with Gasteiger partial charge in [-0.15, -0.1) is 11.5 Å². The van der Waals surface area contributed by atoms with Crippen molar-refractivity contribution in [1.82, 2.24) is 0 Å². The summed E-state index contributed by atoms with van der Waals surface area (Å²) in [4.78, 5) is 0. The van der Waals surface area contributed by atoms with Crippen LogP contribution < -0.4 is 51.4 Å². The van der Waals surface area contributed by atoms with Gasteiger partial charge in [0.15, 0.2) is 9.84 Å². The van der Waals surface area contributed by atoms with E-state index in [9.17, 15) is 21.4 Å². The monoisotopic (exact) mass is 252 g/mol. The minimum absolute atomic E-state index is 0. The van der Waals surface area contributed by atoms with E-state index in [1.54, 1.807) is 0 Å². The van der Waals surface area contributed by atoms with Crippen molar-refractivity contribution in [2.75, 3.05) is 11.5 Å². The van der Waals surface area contributed by atoms with Crippen LogP contribution in [0.1, 0.15) is 12.8 Å². The molecular formula is C6H9BF3KO2S. The van der Waals surface area contributed by atoms with Gasteiger partial charge in [-0.25, -0.2) is 8.42 Å². The van der Waals surface area contributed by atoms with Gasteiger partial charge >= 0.3 is 58.4 Å². The van der Waals surface area contributed by atoms with Crippen molar-refractivity contribution >= 4 is 16.8 Å². The smallest absolute Gasteiger partial charge is 0.445 e. The number of sulfone groups is 1. The van der Waals surface area contributed by atoms with Gasteiger partial charge in [-0.2, -0.15) is 0 Å². The van der Waals surface area contributed by atoms with Crippen LogP contribution in [0.4, 0.5) is 12.9 Å². The van der Waals surface area contributed by atoms with Crippen LogP contribution in [0.5, 0.6) is 0 Å². The summed E-state index contributed by atoms with van der Waals surface area (Å²) in [6.45, 7) is -4.92. The van der Waals surface area contributed by atoms with Crippen molar-refractivity contribution in [2.45, 2.75) is 12.8 Å². The summed E-state index contributed by atoms with van der Waals surface area (Å²) in [6, 6.07) is 0. The van der Waals surface area contributed by atoms with Crippen LogP contribution in [0.25, 0.3) is 0 Å². The largest absolute Gasteiger partial charge is 1.00 e. The molecule has 1 fully saturated rings. The molecule has 0 saturated carbocycles. The molecular weight excluding hydrogens is 243 g/mol. The Hall–Kier alpha value is 1.18. The van der Waals surface area contributed by atoms with E-state index in [1.165, 1.54) is 0 Å². The molecule has 0 aromatic rings. The maximum atomic E-state index is 11.9. The Kier molecular flexibility index (Phi) is 5.96. The second-order valence-corrected chi connectivity index (χ2v) is 5.41. The minimum atomic E-state index is -4.92. The SMILES string of the molecule is O=S1(=O)CCC(=C[B-](F)(F)F)CC1.[K+]. The first kappa shape index (κ1) is 15.2.